The number of aromatic nitrogens is 1. The van der Waals surface area contributed by atoms with Crippen molar-refractivity contribution < 1.29 is 31.8 Å². The lowest BCUT2D eigenvalue weighted by Crippen LogP contribution is -2.31. The lowest BCUT2D eigenvalue weighted by Gasteiger charge is -2.23. The number of carbonyl (C=O) groups is 1. The molecule has 0 spiro atoms. The van der Waals surface area contributed by atoms with Crippen LogP contribution in [-0.2, 0) is 40.8 Å². The summed E-state index contributed by atoms with van der Waals surface area (Å²) < 4.78 is 63.1. The number of nitrogens with zero attached hydrogens (tertiary/aromatic N) is 2. The van der Waals surface area contributed by atoms with Gasteiger partial charge in [-0.05, 0) is 93.8 Å². The lowest BCUT2D eigenvalue weighted by atomic mass is 10.1. The van der Waals surface area contributed by atoms with Crippen LogP contribution in [0.2, 0.25) is 0 Å². The van der Waals surface area contributed by atoms with E-state index < -0.39 is 26.7 Å². The molecule has 0 atom stereocenters. The topological polar surface area (TPSA) is 87.1 Å². The van der Waals surface area contributed by atoms with E-state index in [-0.39, 0.29) is 13.1 Å². The Kier molecular flexibility index (Phi) is 9.77. The molecular formula is C33H34BrFN2O6S. The average molecular weight is 686 g/mol. The zero-order chi connectivity index (χ0) is 31.4. The molecule has 0 N–H and O–H groups in total. The minimum absolute atomic E-state index is 0.0253. The van der Waals surface area contributed by atoms with Gasteiger partial charge in [0, 0.05) is 36.2 Å². The molecular weight excluding hydrogens is 651 g/mol. The van der Waals surface area contributed by atoms with Gasteiger partial charge < -0.3 is 18.8 Å². The van der Waals surface area contributed by atoms with Crippen molar-refractivity contribution in [3.8, 4) is 11.5 Å². The molecule has 1 aliphatic carbocycles. The Hall–Kier alpha value is -3.67. The number of rotatable bonds is 13. The molecule has 0 amide bonds. The van der Waals surface area contributed by atoms with Gasteiger partial charge >= 0.3 is 5.97 Å². The Labute approximate surface area is 265 Å². The Morgan fingerprint density at radius 3 is 1.91 bits per heavy atom. The summed E-state index contributed by atoms with van der Waals surface area (Å²) in [5.41, 5.74) is 3.25. The largest absolute Gasteiger partial charge is 0.497 e. The van der Waals surface area contributed by atoms with Gasteiger partial charge in [0.15, 0.2) is 0 Å². The molecule has 8 nitrogen and oxygen atoms in total. The maximum atomic E-state index is 15.8. The monoisotopic (exact) mass is 684 g/mol. The zero-order valence-corrected chi connectivity index (χ0v) is 27.2. The van der Waals surface area contributed by atoms with Gasteiger partial charge in [-0.25, -0.2) is 17.6 Å². The van der Waals surface area contributed by atoms with Crippen molar-refractivity contribution in [1.29, 1.82) is 0 Å². The Morgan fingerprint density at radius 1 is 0.886 bits per heavy atom. The van der Waals surface area contributed by atoms with E-state index in [4.69, 9.17) is 14.2 Å². The summed E-state index contributed by atoms with van der Waals surface area (Å²) in [6.45, 7) is 0.709. The molecule has 5 rings (SSSR count). The summed E-state index contributed by atoms with van der Waals surface area (Å²) in [4.78, 5) is 12.0. The third-order valence-electron chi connectivity index (χ3n) is 7.71. The Bertz CT molecular complexity index is 1690. The van der Waals surface area contributed by atoms with Gasteiger partial charge in [-0.2, -0.15) is 4.31 Å². The predicted octanol–water partition coefficient (Wildman–Crippen LogP) is 6.59. The molecule has 1 heterocycles. The fraction of sp³-hybridized carbons (Fsp3) is 0.303. The van der Waals surface area contributed by atoms with Crippen LogP contribution >= 0.6 is 15.9 Å². The number of methoxy groups -OCH3 is 3. The van der Waals surface area contributed by atoms with Crippen molar-refractivity contribution in [2.24, 2.45) is 5.92 Å². The highest BCUT2D eigenvalue weighted by atomic mass is 79.9. The number of esters is 1. The average Bonchev–Trinajstić information content (AvgIpc) is 3.80. The summed E-state index contributed by atoms with van der Waals surface area (Å²) in [6, 6.07) is 20.1. The highest BCUT2D eigenvalue weighted by Crippen LogP contribution is 2.35. The van der Waals surface area contributed by atoms with Gasteiger partial charge in [-0.3, -0.25) is 0 Å². The SMILES string of the molecule is COC(=O)c1cc(Br)c(Cc2ccc(S(=O)(=O)N(Cc3ccc(OC)cc3)Cc3ccc(OC)cc3)c(F)c2)n1CC1CC1. The van der Waals surface area contributed by atoms with Crippen LogP contribution in [0.15, 0.2) is 82.2 Å². The van der Waals surface area contributed by atoms with Gasteiger partial charge in [0.05, 0.1) is 21.3 Å². The molecule has 0 aliphatic heterocycles. The summed E-state index contributed by atoms with van der Waals surface area (Å²) in [7, 11) is 0.192. The van der Waals surface area contributed by atoms with Crippen LogP contribution in [0, 0.1) is 11.7 Å². The molecule has 0 bridgehead atoms. The van der Waals surface area contributed by atoms with Crippen LogP contribution < -0.4 is 9.47 Å². The molecule has 1 aromatic heterocycles. The normalized spacial score (nSPS) is 13.2. The first-order valence-electron chi connectivity index (χ1n) is 14.1. The molecule has 0 radical (unpaired) electrons. The van der Waals surface area contributed by atoms with E-state index >= 15 is 4.39 Å². The third-order valence-corrected chi connectivity index (χ3v) is 10.2. The Morgan fingerprint density at radius 2 is 1.43 bits per heavy atom. The van der Waals surface area contributed by atoms with E-state index in [0.29, 0.717) is 46.1 Å². The number of benzene rings is 3. The summed E-state index contributed by atoms with van der Waals surface area (Å²) in [5, 5.41) is 0. The highest BCUT2D eigenvalue weighted by Gasteiger charge is 2.30. The fourth-order valence-corrected chi connectivity index (χ4v) is 7.10. The molecule has 4 aromatic rings. The first-order chi connectivity index (χ1) is 21.1. The smallest absolute Gasteiger partial charge is 0.354 e. The van der Waals surface area contributed by atoms with Crippen LogP contribution in [0.1, 0.15) is 45.7 Å². The van der Waals surface area contributed by atoms with E-state index in [1.807, 2.05) is 4.57 Å². The first-order valence-corrected chi connectivity index (χ1v) is 16.4. The second kappa shape index (κ2) is 13.5. The standard InChI is InChI=1S/C33H34BrFN2O6S/c1-41-26-11-6-22(7-12-26)19-36(20-23-8-13-27(42-2)14-9-23)44(39,40)32-15-10-25(16-29(32)35)17-30-28(34)18-31(33(38)43-3)37(30)21-24-4-5-24/h6-16,18,24H,4-5,17,19-21H2,1-3H3. The molecule has 3 aromatic carbocycles. The lowest BCUT2D eigenvalue weighted by molar-refractivity contribution is 0.0587. The van der Waals surface area contributed by atoms with Crippen molar-refractivity contribution in [3.05, 3.63) is 111 Å². The maximum absolute atomic E-state index is 15.8. The second-order valence-electron chi connectivity index (χ2n) is 10.8. The molecule has 1 fully saturated rings. The van der Waals surface area contributed by atoms with E-state index in [9.17, 15) is 13.2 Å². The predicted molar refractivity (Wildman–Crippen MR) is 168 cm³/mol. The van der Waals surface area contributed by atoms with Gasteiger partial charge in [-0.15, -0.1) is 0 Å². The molecule has 0 unspecified atom stereocenters. The van der Waals surface area contributed by atoms with Crippen LogP contribution in [0.3, 0.4) is 0 Å². The van der Waals surface area contributed by atoms with E-state index in [1.165, 1.54) is 23.5 Å². The number of sulfonamides is 1. The van der Waals surface area contributed by atoms with Crippen LogP contribution in [0.4, 0.5) is 4.39 Å². The van der Waals surface area contributed by atoms with E-state index in [0.717, 1.165) is 29.7 Å². The van der Waals surface area contributed by atoms with Gasteiger partial charge in [0.2, 0.25) is 10.0 Å². The molecule has 1 aliphatic rings. The molecule has 0 saturated heterocycles. The quantitative estimate of drug-likeness (QED) is 0.148. The summed E-state index contributed by atoms with van der Waals surface area (Å²) >= 11 is 3.56. The zero-order valence-electron chi connectivity index (χ0n) is 24.8. The number of hydrogen-bond acceptors (Lipinski definition) is 6. The molecule has 232 valence electrons. The number of halogens is 2. The number of ether oxygens (including phenoxy) is 3. The molecule has 1 saturated carbocycles. The van der Waals surface area contributed by atoms with E-state index in [1.54, 1.807) is 74.9 Å². The first kappa shape index (κ1) is 31.7. The summed E-state index contributed by atoms with van der Waals surface area (Å²) in [5.74, 6) is 0.478. The molecule has 44 heavy (non-hydrogen) atoms. The molecule has 11 heteroatoms. The maximum Gasteiger partial charge on any atom is 0.354 e. The highest BCUT2D eigenvalue weighted by molar-refractivity contribution is 9.10. The second-order valence-corrected chi connectivity index (χ2v) is 13.5. The van der Waals surface area contributed by atoms with Gasteiger partial charge in [0.1, 0.15) is 27.9 Å². The van der Waals surface area contributed by atoms with Gasteiger partial charge in [-0.1, -0.05) is 30.3 Å². The third kappa shape index (κ3) is 7.17. The number of hydrogen-bond donors (Lipinski definition) is 0. The van der Waals surface area contributed by atoms with Crippen LogP contribution in [-0.4, -0.2) is 44.6 Å². The van der Waals surface area contributed by atoms with Crippen LogP contribution in [0.25, 0.3) is 0 Å². The Balaban J connectivity index is 1.45. The van der Waals surface area contributed by atoms with Crippen molar-refractivity contribution >= 4 is 31.9 Å². The van der Waals surface area contributed by atoms with Crippen molar-refractivity contribution in [2.45, 2.75) is 43.8 Å². The van der Waals surface area contributed by atoms with Crippen molar-refractivity contribution in [1.82, 2.24) is 8.87 Å². The van der Waals surface area contributed by atoms with Crippen LogP contribution in [0.5, 0.6) is 11.5 Å². The minimum Gasteiger partial charge on any atom is -0.497 e. The van der Waals surface area contributed by atoms with Gasteiger partial charge in [0.25, 0.3) is 0 Å². The van der Waals surface area contributed by atoms with E-state index in [2.05, 4.69) is 15.9 Å². The van der Waals surface area contributed by atoms with Crippen molar-refractivity contribution in [3.63, 3.8) is 0 Å². The minimum atomic E-state index is -4.26. The van der Waals surface area contributed by atoms with Crippen molar-refractivity contribution in [2.75, 3.05) is 21.3 Å². The summed E-state index contributed by atoms with van der Waals surface area (Å²) in [6.07, 6.45) is 2.46. The number of carbonyl (C=O) groups excluding carboxylic acids is 1. The fourth-order valence-electron chi connectivity index (χ4n) is 5.07.